The number of ether oxygens (including phenoxy) is 1. The molecule has 1 amide bonds. The Kier molecular flexibility index (Phi) is 4.92. The van der Waals surface area contributed by atoms with Crippen molar-refractivity contribution in [2.45, 2.75) is 25.8 Å². The zero-order chi connectivity index (χ0) is 23.3. The summed E-state index contributed by atoms with van der Waals surface area (Å²) in [6.45, 7) is 6.64. The predicted molar refractivity (Wildman–Crippen MR) is 124 cm³/mol. The van der Waals surface area contributed by atoms with E-state index in [0.29, 0.717) is 54.1 Å². The summed E-state index contributed by atoms with van der Waals surface area (Å²) in [6, 6.07) is 5.54. The van der Waals surface area contributed by atoms with E-state index >= 15 is 0 Å². The topological polar surface area (TPSA) is 132 Å². The second-order valence-electron chi connectivity index (χ2n) is 8.13. The molecule has 10 heteroatoms. The highest BCUT2D eigenvalue weighted by molar-refractivity contribution is 6.01. The number of hydrogen-bond acceptors (Lipinski definition) is 7. The SMILES string of the molecule is C=CC(=O)N1CCC(n2nc3c(=O)[nH]nc(N)c3c2-c2oc3ccc(OC)cc3c2C)CC1. The van der Waals surface area contributed by atoms with E-state index in [-0.39, 0.29) is 23.3 Å². The van der Waals surface area contributed by atoms with Gasteiger partial charge >= 0.3 is 0 Å². The van der Waals surface area contributed by atoms with E-state index in [1.165, 1.54) is 6.08 Å². The Balaban J connectivity index is 1.70. The number of carbonyl (C=O) groups is 1. The van der Waals surface area contributed by atoms with Gasteiger partial charge in [0.2, 0.25) is 5.91 Å². The van der Waals surface area contributed by atoms with Crippen LogP contribution in [0.15, 0.2) is 40.1 Å². The average Bonchev–Trinajstić information content (AvgIpc) is 3.39. The molecular formula is C23H24N6O4. The Bertz CT molecular complexity index is 1460. The summed E-state index contributed by atoms with van der Waals surface area (Å²) in [7, 11) is 1.61. The Hall–Kier alpha value is -4.08. The Morgan fingerprint density at radius 3 is 2.82 bits per heavy atom. The van der Waals surface area contributed by atoms with Gasteiger partial charge in [-0.2, -0.15) is 10.2 Å². The van der Waals surface area contributed by atoms with E-state index in [1.807, 2.05) is 29.8 Å². The molecule has 3 aromatic heterocycles. The van der Waals surface area contributed by atoms with Crippen molar-refractivity contribution in [3.05, 3.63) is 46.8 Å². The highest BCUT2D eigenvalue weighted by atomic mass is 16.5. The third-order valence-corrected chi connectivity index (χ3v) is 6.31. The van der Waals surface area contributed by atoms with Crippen molar-refractivity contribution in [3.8, 4) is 17.2 Å². The van der Waals surface area contributed by atoms with E-state index in [9.17, 15) is 9.59 Å². The summed E-state index contributed by atoms with van der Waals surface area (Å²) in [4.78, 5) is 26.3. The van der Waals surface area contributed by atoms with Crippen LogP contribution in [0.1, 0.15) is 24.4 Å². The minimum Gasteiger partial charge on any atom is -0.497 e. The number of amides is 1. The van der Waals surface area contributed by atoms with Crippen molar-refractivity contribution in [1.29, 1.82) is 0 Å². The van der Waals surface area contributed by atoms with Gasteiger partial charge in [-0.1, -0.05) is 6.58 Å². The molecule has 0 spiro atoms. The number of aryl methyl sites for hydroxylation is 1. The molecule has 5 rings (SSSR count). The predicted octanol–water partition coefficient (Wildman–Crippen LogP) is 2.78. The number of aromatic amines is 1. The van der Waals surface area contributed by atoms with Gasteiger partial charge in [-0.15, -0.1) is 0 Å². The number of methoxy groups -OCH3 is 1. The number of furan rings is 1. The first-order valence-corrected chi connectivity index (χ1v) is 10.7. The zero-order valence-electron chi connectivity index (χ0n) is 18.4. The Morgan fingerprint density at radius 2 is 2.12 bits per heavy atom. The van der Waals surface area contributed by atoms with Crippen LogP contribution < -0.4 is 16.0 Å². The van der Waals surface area contributed by atoms with Gasteiger partial charge < -0.3 is 19.8 Å². The van der Waals surface area contributed by atoms with E-state index < -0.39 is 5.56 Å². The largest absolute Gasteiger partial charge is 0.497 e. The molecule has 10 nitrogen and oxygen atoms in total. The molecule has 1 aliphatic heterocycles. The average molecular weight is 448 g/mol. The quantitative estimate of drug-likeness (QED) is 0.459. The summed E-state index contributed by atoms with van der Waals surface area (Å²) < 4.78 is 13.4. The van der Waals surface area contributed by atoms with Gasteiger partial charge in [0.05, 0.1) is 18.5 Å². The van der Waals surface area contributed by atoms with Crippen molar-refractivity contribution in [3.63, 3.8) is 0 Å². The number of nitrogens with two attached hydrogens (primary N) is 1. The van der Waals surface area contributed by atoms with Crippen LogP contribution in [0.3, 0.4) is 0 Å². The molecular weight excluding hydrogens is 424 g/mol. The molecule has 1 fully saturated rings. The molecule has 0 atom stereocenters. The second kappa shape index (κ2) is 7.80. The van der Waals surface area contributed by atoms with Gasteiger partial charge in [-0.3, -0.25) is 14.3 Å². The first-order valence-electron chi connectivity index (χ1n) is 10.7. The van der Waals surface area contributed by atoms with Gasteiger partial charge in [0.15, 0.2) is 17.1 Å². The number of carbonyl (C=O) groups excluding carboxylic acids is 1. The maximum Gasteiger partial charge on any atom is 0.292 e. The van der Waals surface area contributed by atoms with Gasteiger partial charge in [-0.05, 0) is 44.0 Å². The minimum atomic E-state index is -0.422. The number of anilines is 1. The van der Waals surface area contributed by atoms with Crippen LogP contribution in [0.4, 0.5) is 5.82 Å². The van der Waals surface area contributed by atoms with E-state index in [1.54, 1.807) is 12.0 Å². The second-order valence-corrected chi connectivity index (χ2v) is 8.13. The number of likely N-dealkylation sites (tertiary alicyclic amines) is 1. The maximum atomic E-state index is 12.6. The first kappa shape index (κ1) is 20.8. The zero-order valence-corrected chi connectivity index (χ0v) is 18.4. The lowest BCUT2D eigenvalue weighted by Gasteiger charge is -2.32. The molecule has 0 aliphatic carbocycles. The molecule has 0 unspecified atom stereocenters. The molecule has 1 aromatic carbocycles. The molecule has 170 valence electrons. The maximum absolute atomic E-state index is 12.6. The summed E-state index contributed by atoms with van der Waals surface area (Å²) in [5.41, 5.74) is 8.18. The number of hydrogen-bond donors (Lipinski definition) is 2. The number of nitrogens with zero attached hydrogens (tertiary/aromatic N) is 4. The van der Waals surface area contributed by atoms with E-state index in [0.717, 1.165) is 10.9 Å². The van der Waals surface area contributed by atoms with Gasteiger partial charge in [0.25, 0.3) is 5.56 Å². The normalized spacial score (nSPS) is 14.8. The van der Waals surface area contributed by atoms with Crippen LogP contribution >= 0.6 is 0 Å². The lowest BCUT2D eigenvalue weighted by Crippen LogP contribution is -2.38. The standard InChI is InChI=1S/C23H24N6O4/c1-4-17(30)28-9-7-13(8-10-28)29-20(18-19(27-29)23(31)26-25-22(18)24)21-12(2)15-11-14(32-3)5-6-16(15)33-21/h4-6,11,13H,1,7-10H2,2-3H3,(H2,24,25)(H,26,31). The van der Waals surface area contributed by atoms with Crippen molar-refractivity contribution in [2.75, 3.05) is 25.9 Å². The summed E-state index contributed by atoms with van der Waals surface area (Å²) in [6.07, 6.45) is 2.66. The summed E-state index contributed by atoms with van der Waals surface area (Å²) in [5.74, 6) is 1.37. The molecule has 0 radical (unpaired) electrons. The van der Waals surface area contributed by atoms with Crippen molar-refractivity contribution in [1.82, 2.24) is 24.9 Å². The van der Waals surface area contributed by atoms with Crippen LogP contribution in [0.25, 0.3) is 33.3 Å². The van der Waals surface area contributed by atoms with Crippen molar-refractivity contribution < 1.29 is 13.9 Å². The van der Waals surface area contributed by atoms with Gasteiger partial charge in [0, 0.05) is 24.0 Å². The van der Waals surface area contributed by atoms with Crippen molar-refractivity contribution >= 4 is 33.6 Å². The Morgan fingerprint density at radius 1 is 1.36 bits per heavy atom. The molecule has 33 heavy (non-hydrogen) atoms. The van der Waals surface area contributed by atoms with Crippen LogP contribution in [-0.4, -0.2) is 51.0 Å². The molecule has 4 aromatic rings. The number of piperidine rings is 1. The molecule has 4 heterocycles. The van der Waals surface area contributed by atoms with Crippen LogP contribution in [0.5, 0.6) is 5.75 Å². The molecule has 1 aliphatic rings. The monoisotopic (exact) mass is 448 g/mol. The van der Waals surface area contributed by atoms with Gasteiger partial charge in [0.1, 0.15) is 17.0 Å². The number of nitrogens with one attached hydrogen (secondary N) is 1. The smallest absolute Gasteiger partial charge is 0.292 e. The lowest BCUT2D eigenvalue weighted by molar-refractivity contribution is -0.127. The lowest BCUT2D eigenvalue weighted by atomic mass is 10.0. The molecule has 1 saturated heterocycles. The molecule has 3 N–H and O–H groups in total. The van der Waals surface area contributed by atoms with E-state index in [2.05, 4.69) is 21.9 Å². The fraction of sp³-hybridized carbons (Fsp3) is 0.304. The Labute approximate surface area is 188 Å². The number of rotatable bonds is 4. The van der Waals surface area contributed by atoms with Crippen molar-refractivity contribution in [2.24, 2.45) is 0 Å². The van der Waals surface area contributed by atoms with Gasteiger partial charge in [-0.25, -0.2) is 5.10 Å². The summed E-state index contributed by atoms with van der Waals surface area (Å²) >= 11 is 0. The summed E-state index contributed by atoms with van der Waals surface area (Å²) in [5, 5.41) is 12.4. The number of benzene rings is 1. The number of nitrogen functional groups attached to an aromatic ring is 1. The van der Waals surface area contributed by atoms with Crippen LogP contribution in [0.2, 0.25) is 0 Å². The number of H-pyrrole nitrogens is 1. The fourth-order valence-electron chi connectivity index (χ4n) is 4.55. The van der Waals surface area contributed by atoms with E-state index in [4.69, 9.17) is 14.9 Å². The van der Waals surface area contributed by atoms with Crippen LogP contribution in [-0.2, 0) is 4.79 Å². The highest BCUT2D eigenvalue weighted by Crippen LogP contribution is 2.41. The molecule has 0 bridgehead atoms. The number of fused-ring (bicyclic) bond motifs is 2. The first-order chi connectivity index (χ1) is 15.9. The fourth-order valence-corrected chi connectivity index (χ4v) is 4.55. The molecule has 0 saturated carbocycles. The number of aromatic nitrogens is 4. The highest BCUT2D eigenvalue weighted by Gasteiger charge is 2.30. The van der Waals surface area contributed by atoms with Crippen LogP contribution in [0, 0.1) is 6.92 Å². The third-order valence-electron chi connectivity index (χ3n) is 6.31. The minimum absolute atomic E-state index is 0.0535. The third kappa shape index (κ3) is 3.25.